The van der Waals surface area contributed by atoms with E-state index in [-0.39, 0.29) is 0 Å². The van der Waals surface area contributed by atoms with Crippen LogP contribution in [0.3, 0.4) is 0 Å². The Morgan fingerprint density at radius 1 is 1.07 bits per heavy atom. The highest BCUT2D eigenvalue weighted by Gasteiger charge is 2.12. The number of pyridine rings is 1. The summed E-state index contributed by atoms with van der Waals surface area (Å²) in [5.74, 6) is 1.99. The zero-order valence-corrected chi connectivity index (χ0v) is 16.2. The molecule has 8 heteroatoms. The van der Waals surface area contributed by atoms with Crippen LogP contribution in [0, 0.1) is 13.8 Å². The third kappa shape index (κ3) is 3.32. The first-order valence-electron chi connectivity index (χ1n) is 8.87. The van der Waals surface area contributed by atoms with E-state index in [1.807, 2.05) is 57.4 Å². The molecule has 28 heavy (non-hydrogen) atoms. The smallest absolute Gasteiger partial charge is 0.229 e. The molecule has 0 radical (unpaired) electrons. The van der Waals surface area contributed by atoms with Crippen molar-refractivity contribution in [1.82, 2.24) is 24.7 Å². The highest BCUT2D eigenvalue weighted by molar-refractivity contribution is 5.80. The van der Waals surface area contributed by atoms with Crippen molar-refractivity contribution in [2.24, 2.45) is 0 Å². The zero-order chi connectivity index (χ0) is 19.7. The number of aromatic nitrogens is 5. The monoisotopic (exact) mass is 375 g/mol. The minimum Gasteiger partial charge on any atom is -0.494 e. The van der Waals surface area contributed by atoms with Crippen LogP contribution in [0.4, 0.5) is 17.5 Å². The van der Waals surface area contributed by atoms with Crippen LogP contribution in [-0.2, 0) is 0 Å². The first-order chi connectivity index (χ1) is 13.6. The molecule has 0 atom stereocenters. The molecule has 0 aliphatic rings. The summed E-state index contributed by atoms with van der Waals surface area (Å²) in [4.78, 5) is 13.2. The summed E-state index contributed by atoms with van der Waals surface area (Å²) in [5.41, 5.74) is 4.33. The van der Waals surface area contributed by atoms with Gasteiger partial charge in [-0.25, -0.2) is 9.67 Å². The zero-order valence-electron chi connectivity index (χ0n) is 16.2. The number of ether oxygens (including phenoxy) is 1. The van der Waals surface area contributed by atoms with Gasteiger partial charge in [0.25, 0.3) is 0 Å². The summed E-state index contributed by atoms with van der Waals surface area (Å²) in [7, 11) is 3.47. The van der Waals surface area contributed by atoms with Gasteiger partial charge < -0.3 is 15.4 Å². The molecule has 0 spiro atoms. The fourth-order valence-electron chi connectivity index (χ4n) is 3.03. The van der Waals surface area contributed by atoms with Crippen molar-refractivity contribution in [3.8, 4) is 11.4 Å². The number of anilines is 3. The van der Waals surface area contributed by atoms with E-state index in [0.717, 1.165) is 39.5 Å². The molecule has 0 unspecified atom stereocenters. The van der Waals surface area contributed by atoms with Crippen LogP contribution in [0.25, 0.3) is 16.6 Å². The van der Waals surface area contributed by atoms with Gasteiger partial charge in [0.05, 0.1) is 12.6 Å². The molecule has 2 N–H and O–H groups in total. The van der Waals surface area contributed by atoms with Gasteiger partial charge in [-0.15, -0.1) is 0 Å². The Morgan fingerprint density at radius 2 is 1.93 bits per heavy atom. The van der Waals surface area contributed by atoms with Crippen molar-refractivity contribution in [1.29, 1.82) is 0 Å². The molecule has 0 fully saturated rings. The minimum atomic E-state index is 0.520. The number of methoxy groups -OCH3 is 1. The third-order valence-electron chi connectivity index (χ3n) is 4.43. The van der Waals surface area contributed by atoms with Crippen LogP contribution < -0.4 is 15.4 Å². The van der Waals surface area contributed by atoms with Gasteiger partial charge in [0, 0.05) is 48.0 Å². The SMILES string of the molecule is CNc1cc(C)nc(Nc2ccc(OC)c(-n3cc4c(C)nccc4n3)c2)n1. The van der Waals surface area contributed by atoms with Gasteiger partial charge in [0.1, 0.15) is 17.3 Å². The predicted molar refractivity (Wildman–Crippen MR) is 110 cm³/mol. The number of aryl methyl sites for hydroxylation is 2. The number of nitrogens with zero attached hydrogens (tertiary/aromatic N) is 5. The lowest BCUT2D eigenvalue weighted by Gasteiger charge is -2.12. The van der Waals surface area contributed by atoms with E-state index in [0.29, 0.717) is 11.7 Å². The fourth-order valence-corrected chi connectivity index (χ4v) is 3.03. The first kappa shape index (κ1) is 17.7. The molecule has 3 heterocycles. The Morgan fingerprint density at radius 3 is 2.68 bits per heavy atom. The summed E-state index contributed by atoms with van der Waals surface area (Å²) < 4.78 is 7.35. The molecular weight excluding hydrogens is 354 g/mol. The van der Waals surface area contributed by atoms with E-state index in [9.17, 15) is 0 Å². The molecule has 0 aliphatic carbocycles. The molecule has 0 bridgehead atoms. The Kier molecular flexibility index (Phi) is 4.52. The van der Waals surface area contributed by atoms with Gasteiger partial charge in [0.15, 0.2) is 0 Å². The number of hydrogen-bond donors (Lipinski definition) is 2. The normalized spacial score (nSPS) is 10.9. The molecule has 3 aromatic heterocycles. The van der Waals surface area contributed by atoms with Gasteiger partial charge in [0.2, 0.25) is 5.95 Å². The molecular formula is C20H21N7O. The van der Waals surface area contributed by atoms with Crippen LogP contribution in [0.5, 0.6) is 5.75 Å². The van der Waals surface area contributed by atoms with Crippen LogP contribution in [0.1, 0.15) is 11.4 Å². The van der Waals surface area contributed by atoms with Crippen LogP contribution >= 0.6 is 0 Å². The summed E-state index contributed by atoms with van der Waals surface area (Å²) in [6.07, 6.45) is 3.72. The van der Waals surface area contributed by atoms with Crippen molar-refractivity contribution in [2.45, 2.75) is 13.8 Å². The van der Waals surface area contributed by atoms with Crippen LogP contribution in [-0.4, -0.2) is 38.9 Å². The number of benzene rings is 1. The number of nitrogens with one attached hydrogen (secondary N) is 2. The highest BCUT2D eigenvalue weighted by Crippen LogP contribution is 2.29. The lowest BCUT2D eigenvalue weighted by molar-refractivity contribution is 0.412. The maximum absolute atomic E-state index is 5.54. The lowest BCUT2D eigenvalue weighted by atomic mass is 10.2. The number of hydrogen-bond acceptors (Lipinski definition) is 7. The maximum atomic E-state index is 5.54. The van der Waals surface area contributed by atoms with Crippen molar-refractivity contribution in [3.63, 3.8) is 0 Å². The maximum Gasteiger partial charge on any atom is 0.229 e. The predicted octanol–water partition coefficient (Wildman–Crippen LogP) is 3.62. The van der Waals surface area contributed by atoms with E-state index in [1.165, 1.54) is 0 Å². The van der Waals surface area contributed by atoms with Gasteiger partial charge >= 0.3 is 0 Å². The van der Waals surface area contributed by atoms with E-state index >= 15 is 0 Å². The van der Waals surface area contributed by atoms with Crippen LogP contribution in [0.2, 0.25) is 0 Å². The van der Waals surface area contributed by atoms with E-state index in [2.05, 4.69) is 30.7 Å². The van der Waals surface area contributed by atoms with Crippen molar-refractivity contribution < 1.29 is 4.74 Å². The van der Waals surface area contributed by atoms with E-state index in [4.69, 9.17) is 4.74 Å². The second-order valence-electron chi connectivity index (χ2n) is 6.38. The second kappa shape index (κ2) is 7.15. The number of fused-ring (bicyclic) bond motifs is 1. The Hall–Kier alpha value is -3.68. The van der Waals surface area contributed by atoms with Crippen molar-refractivity contribution in [3.05, 3.63) is 54.1 Å². The topological polar surface area (TPSA) is 89.8 Å². The molecule has 0 saturated carbocycles. The second-order valence-corrected chi connectivity index (χ2v) is 6.38. The molecule has 0 aliphatic heterocycles. The lowest BCUT2D eigenvalue weighted by Crippen LogP contribution is -2.04. The summed E-state index contributed by atoms with van der Waals surface area (Å²) in [6, 6.07) is 9.55. The van der Waals surface area contributed by atoms with E-state index < -0.39 is 0 Å². The average Bonchev–Trinajstić information content (AvgIpc) is 3.13. The number of rotatable bonds is 5. The molecule has 0 saturated heterocycles. The van der Waals surface area contributed by atoms with Gasteiger partial charge in [-0.2, -0.15) is 10.1 Å². The molecule has 142 valence electrons. The molecule has 1 aromatic carbocycles. The standard InChI is InChI=1S/C20H21N7O/c1-12-9-19(21-3)25-20(23-12)24-14-5-6-18(28-4)17(10-14)27-11-15-13(2)22-8-7-16(15)26-27/h5-11H,1-4H3,(H2,21,23,24,25). The van der Waals surface area contributed by atoms with E-state index in [1.54, 1.807) is 18.0 Å². The van der Waals surface area contributed by atoms with Gasteiger partial charge in [-0.3, -0.25) is 4.98 Å². The minimum absolute atomic E-state index is 0.520. The molecule has 4 aromatic rings. The fraction of sp³-hybridized carbons (Fsp3) is 0.200. The summed E-state index contributed by atoms with van der Waals surface area (Å²) in [6.45, 7) is 3.90. The largest absolute Gasteiger partial charge is 0.494 e. The van der Waals surface area contributed by atoms with Crippen molar-refractivity contribution >= 4 is 28.4 Å². The highest BCUT2D eigenvalue weighted by atomic mass is 16.5. The van der Waals surface area contributed by atoms with Gasteiger partial charge in [-0.05, 0) is 38.1 Å². The third-order valence-corrected chi connectivity index (χ3v) is 4.43. The Bertz CT molecular complexity index is 1150. The molecule has 0 amide bonds. The van der Waals surface area contributed by atoms with Crippen LogP contribution in [0.15, 0.2) is 42.7 Å². The first-order valence-corrected chi connectivity index (χ1v) is 8.87. The van der Waals surface area contributed by atoms with Crippen molar-refractivity contribution in [2.75, 3.05) is 24.8 Å². The Balaban J connectivity index is 1.75. The summed E-state index contributed by atoms with van der Waals surface area (Å²) >= 11 is 0. The van der Waals surface area contributed by atoms with Gasteiger partial charge in [-0.1, -0.05) is 0 Å². The quantitative estimate of drug-likeness (QED) is 0.550. The summed E-state index contributed by atoms with van der Waals surface area (Å²) in [5, 5.41) is 12.0. The molecule has 8 nitrogen and oxygen atoms in total. The average molecular weight is 375 g/mol. The Labute approximate surface area is 162 Å². The molecule has 4 rings (SSSR count).